The number of piperazine rings is 1. The van der Waals surface area contributed by atoms with E-state index >= 15 is 0 Å². The summed E-state index contributed by atoms with van der Waals surface area (Å²) in [5.74, 6) is 0.807. The molecule has 2 fully saturated rings. The fourth-order valence-electron chi connectivity index (χ4n) is 4.50. The SMILES string of the molecule is CN1CCN(Cc2csc3c(-c4ccc5[nH]ncc5c4)nc(N4CCOCC4)nc23)CC1. The predicted molar refractivity (Wildman–Crippen MR) is 128 cm³/mol. The van der Waals surface area contributed by atoms with Crippen molar-refractivity contribution in [1.29, 1.82) is 0 Å². The van der Waals surface area contributed by atoms with Gasteiger partial charge < -0.3 is 14.5 Å². The number of thiophene rings is 1. The number of rotatable bonds is 4. The van der Waals surface area contributed by atoms with Gasteiger partial charge in [0.25, 0.3) is 0 Å². The Labute approximate surface area is 190 Å². The van der Waals surface area contributed by atoms with Crippen LogP contribution in [0.3, 0.4) is 0 Å². The first kappa shape index (κ1) is 20.0. The van der Waals surface area contributed by atoms with Gasteiger partial charge in [-0.25, -0.2) is 9.97 Å². The lowest BCUT2D eigenvalue weighted by Crippen LogP contribution is -2.43. The highest BCUT2D eigenvalue weighted by molar-refractivity contribution is 7.17. The van der Waals surface area contributed by atoms with Crippen LogP contribution >= 0.6 is 11.3 Å². The molecule has 0 saturated carbocycles. The first-order valence-corrected chi connectivity index (χ1v) is 12.1. The first-order chi connectivity index (χ1) is 15.7. The molecule has 0 radical (unpaired) electrons. The molecule has 1 aromatic carbocycles. The number of aromatic nitrogens is 4. The van der Waals surface area contributed by atoms with E-state index in [0.29, 0.717) is 0 Å². The minimum atomic E-state index is 0.718. The van der Waals surface area contributed by atoms with Gasteiger partial charge in [-0.3, -0.25) is 10.00 Å². The lowest BCUT2D eigenvalue weighted by molar-refractivity contribution is 0.122. The van der Waals surface area contributed by atoms with Crippen molar-refractivity contribution in [3.8, 4) is 11.3 Å². The minimum Gasteiger partial charge on any atom is -0.378 e. The molecular weight excluding hydrogens is 422 g/mol. The van der Waals surface area contributed by atoms with Gasteiger partial charge in [-0.1, -0.05) is 6.07 Å². The summed E-state index contributed by atoms with van der Waals surface area (Å²) in [5.41, 5.74) is 5.54. The second kappa shape index (κ2) is 8.40. The van der Waals surface area contributed by atoms with Crippen LogP contribution in [0.1, 0.15) is 5.56 Å². The van der Waals surface area contributed by atoms with Gasteiger partial charge in [-0.05, 0) is 24.6 Å². The summed E-state index contributed by atoms with van der Waals surface area (Å²) >= 11 is 1.76. The molecule has 8 nitrogen and oxygen atoms in total. The van der Waals surface area contributed by atoms with Crippen LogP contribution < -0.4 is 4.90 Å². The van der Waals surface area contributed by atoms with E-state index in [1.165, 1.54) is 5.56 Å². The van der Waals surface area contributed by atoms with Crippen LogP contribution in [0.15, 0.2) is 29.8 Å². The Balaban J connectivity index is 1.44. The molecule has 0 amide bonds. The molecule has 0 spiro atoms. The number of morpholine rings is 1. The largest absolute Gasteiger partial charge is 0.378 e. The van der Waals surface area contributed by atoms with Crippen LogP contribution in [0.5, 0.6) is 0 Å². The quantitative estimate of drug-likeness (QED) is 0.514. The fraction of sp³-hybridized carbons (Fsp3) is 0.435. The van der Waals surface area contributed by atoms with Crippen LogP contribution in [-0.4, -0.2) is 89.5 Å². The number of nitrogens with one attached hydrogen (secondary N) is 1. The third kappa shape index (κ3) is 3.75. The van der Waals surface area contributed by atoms with Crippen molar-refractivity contribution in [2.45, 2.75) is 6.54 Å². The van der Waals surface area contributed by atoms with Gasteiger partial charge in [0.05, 0.1) is 40.8 Å². The number of benzene rings is 1. The van der Waals surface area contributed by atoms with E-state index in [1.807, 2.05) is 6.20 Å². The molecule has 0 aliphatic carbocycles. The zero-order valence-electron chi connectivity index (χ0n) is 18.3. The fourth-order valence-corrected chi connectivity index (χ4v) is 5.51. The van der Waals surface area contributed by atoms with E-state index in [-0.39, 0.29) is 0 Å². The van der Waals surface area contributed by atoms with Crippen LogP contribution in [0.2, 0.25) is 0 Å². The number of H-pyrrole nitrogens is 1. The monoisotopic (exact) mass is 449 g/mol. The highest BCUT2D eigenvalue weighted by atomic mass is 32.1. The van der Waals surface area contributed by atoms with Gasteiger partial charge >= 0.3 is 0 Å². The standard InChI is InChI=1S/C23H27N7OS/c1-28-4-6-29(7-5-28)14-18-15-32-22-20(16-2-3-19-17(12-16)13-24-27-19)25-23(26-21(18)22)30-8-10-31-11-9-30/h2-3,12-13,15H,4-11,14H2,1H3,(H,24,27). The van der Waals surface area contributed by atoms with Crippen molar-refractivity contribution in [2.24, 2.45) is 0 Å². The molecule has 0 unspecified atom stereocenters. The number of nitrogens with zero attached hydrogens (tertiary/aromatic N) is 6. The third-order valence-corrected chi connectivity index (χ3v) is 7.50. The van der Waals surface area contributed by atoms with Crippen molar-refractivity contribution in [2.75, 3.05) is 64.4 Å². The number of anilines is 1. The maximum absolute atomic E-state index is 5.56. The molecule has 2 saturated heterocycles. The van der Waals surface area contributed by atoms with E-state index in [1.54, 1.807) is 11.3 Å². The summed E-state index contributed by atoms with van der Waals surface area (Å²) in [7, 11) is 2.20. The van der Waals surface area contributed by atoms with Crippen molar-refractivity contribution in [3.05, 3.63) is 35.3 Å². The Morgan fingerprint density at radius 1 is 1.06 bits per heavy atom. The van der Waals surface area contributed by atoms with Crippen molar-refractivity contribution in [3.63, 3.8) is 0 Å². The minimum absolute atomic E-state index is 0.718. The molecule has 2 aliphatic heterocycles. The number of likely N-dealkylation sites (N-methyl/N-ethyl adjacent to an activating group) is 1. The molecule has 9 heteroatoms. The molecule has 0 bridgehead atoms. The lowest BCUT2D eigenvalue weighted by Gasteiger charge is -2.32. The molecular formula is C23H27N7OS. The number of hydrogen-bond acceptors (Lipinski definition) is 8. The highest BCUT2D eigenvalue weighted by Gasteiger charge is 2.22. The summed E-state index contributed by atoms with van der Waals surface area (Å²) in [4.78, 5) is 17.3. The normalized spacial score (nSPS) is 18.7. The Kier molecular flexibility index (Phi) is 5.26. The molecule has 4 aromatic rings. The molecule has 166 valence electrons. The number of hydrogen-bond donors (Lipinski definition) is 1. The van der Waals surface area contributed by atoms with Crippen molar-refractivity contribution >= 4 is 38.4 Å². The average Bonchev–Trinajstić information content (AvgIpc) is 3.47. The van der Waals surface area contributed by atoms with E-state index in [2.05, 4.69) is 55.5 Å². The predicted octanol–water partition coefficient (Wildman–Crippen LogP) is 2.82. The Bertz CT molecular complexity index is 1240. The number of fused-ring (bicyclic) bond motifs is 2. The third-order valence-electron chi connectivity index (χ3n) is 6.47. The van der Waals surface area contributed by atoms with E-state index < -0.39 is 0 Å². The lowest BCUT2D eigenvalue weighted by atomic mass is 10.1. The average molecular weight is 450 g/mol. The smallest absolute Gasteiger partial charge is 0.226 e. The molecule has 0 atom stereocenters. The van der Waals surface area contributed by atoms with Gasteiger partial charge in [-0.2, -0.15) is 5.10 Å². The van der Waals surface area contributed by atoms with Gasteiger partial charge in [0, 0.05) is 62.3 Å². The van der Waals surface area contributed by atoms with E-state index in [4.69, 9.17) is 14.7 Å². The van der Waals surface area contributed by atoms with Gasteiger partial charge in [0.15, 0.2) is 0 Å². The second-order valence-corrected chi connectivity index (χ2v) is 9.54. The maximum Gasteiger partial charge on any atom is 0.226 e. The molecule has 6 rings (SSSR count). The molecule has 32 heavy (non-hydrogen) atoms. The summed E-state index contributed by atoms with van der Waals surface area (Å²) < 4.78 is 6.73. The topological polar surface area (TPSA) is 73.4 Å². The summed E-state index contributed by atoms with van der Waals surface area (Å²) in [6.45, 7) is 8.45. The Hall–Kier alpha value is -2.59. The molecule has 5 heterocycles. The van der Waals surface area contributed by atoms with Gasteiger partial charge in [-0.15, -0.1) is 11.3 Å². The number of ether oxygens (including phenoxy) is 1. The Morgan fingerprint density at radius 2 is 1.91 bits per heavy atom. The molecule has 1 N–H and O–H groups in total. The van der Waals surface area contributed by atoms with Crippen LogP contribution in [0.4, 0.5) is 5.95 Å². The van der Waals surface area contributed by atoms with Crippen molar-refractivity contribution in [1.82, 2.24) is 30.0 Å². The first-order valence-electron chi connectivity index (χ1n) is 11.2. The molecule has 2 aliphatic rings. The van der Waals surface area contributed by atoms with Crippen LogP contribution in [-0.2, 0) is 11.3 Å². The Morgan fingerprint density at radius 3 is 2.75 bits per heavy atom. The summed E-state index contributed by atoms with van der Waals surface area (Å²) in [6, 6.07) is 6.38. The van der Waals surface area contributed by atoms with Crippen LogP contribution in [0.25, 0.3) is 32.4 Å². The van der Waals surface area contributed by atoms with Gasteiger partial charge in [0.1, 0.15) is 0 Å². The van der Waals surface area contributed by atoms with E-state index in [9.17, 15) is 0 Å². The molecule has 3 aromatic heterocycles. The second-order valence-electron chi connectivity index (χ2n) is 8.66. The van der Waals surface area contributed by atoms with Gasteiger partial charge in [0.2, 0.25) is 5.95 Å². The summed E-state index contributed by atoms with van der Waals surface area (Å²) in [6.07, 6.45) is 1.87. The number of aromatic amines is 1. The highest BCUT2D eigenvalue weighted by Crippen LogP contribution is 2.36. The zero-order chi connectivity index (χ0) is 21.5. The van der Waals surface area contributed by atoms with Crippen molar-refractivity contribution < 1.29 is 4.74 Å². The summed E-state index contributed by atoms with van der Waals surface area (Å²) in [5, 5.41) is 10.6. The van der Waals surface area contributed by atoms with Crippen LogP contribution in [0, 0.1) is 0 Å². The van der Waals surface area contributed by atoms with E-state index in [0.717, 1.165) is 97.4 Å². The zero-order valence-corrected chi connectivity index (χ0v) is 19.1. The maximum atomic E-state index is 5.56.